The maximum Gasteiger partial charge on any atom is 0.248 e. The molecule has 2 amide bonds. The Bertz CT molecular complexity index is 1210. The molecule has 0 radical (unpaired) electrons. The Balaban J connectivity index is 0.000000458. The second-order valence-corrected chi connectivity index (χ2v) is 13.1. The molecule has 1 fully saturated rings. The number of nitrogens with zero attached hydrogens (tertiary/aromatic N) is 2. The van der Waals surface area contributed by atoms with Crippen molar-refractivity contribution < 1.29 is 19.6 Å². The molecule has 8 nitrogen and oxygen atoms in total. The molecule has 2 aromatic rings. The van der Waals surface area contributed by atoms with Crippen molar-refractivity contribution in [2.45, 2.75) is 130 Å². The SMILES string of the molecule is CCCC1CCCCC1.Cc1cc(-n2nc(CCCCCCCC(=O)NO)c3c2CC(C)(C)CC3=O)ccc1C(N)=O. The van der Waals surface area contributed by atoms with E-state index in [1.54, 1.807) is 11.5 Å². The highest BCUT2D eigenvalue weighted by Gasteiger charge is 2.36. The number of hydrogen-bond donors (Lipinski definition) is 3. The van der Waals surface area contributed by atoms with E-state index < -0.39 is 5.91 Å². The van der Waals surface area contributed by atoms with Crippen molar-refractivity contribution in [1.82, 2.24) is 15.3 Å². The molecule has 1 saturated carbocycles. The molecule has 4 N–H and O–H groups in total. The van der Waals surface area contributed by atoms with Gasteiger partial charge in [-0.05, 0) is 67.7 Å². The third-order valence-corrected chi connectivity index (χ3v) is 8.70. The quantitative estimate of drug-likeness (QED) is 0.139. The fourth-order valence-corrected chi connectivity index (χ4v) is 6.52. The summed E-state index contributed by atoms with van der Waals surface area (Å²) in [5, 5.41) is 13.4. The van der Waals surface area contributed by atoms with E-state index in [9.17, 15) is 14.4 Å². The lowest BCUT2D eigenvalue weighted by atomic mass is 9.75. The van der Waals surface area contributed by atoms with E-state index in [2.05, 4.69) is 20.8 Å². The number of nitrogens with two attached hydrogens (primary N) is 1. The molecule has 1 aromatic heterocycles. The van der Waals surface area contributed by atoms with Crippen LogP contribution in [-0.2, 0) is 17.6 Å². The van der Waals surface area contributed by atoms with Crippen LogP contribution in [-0.4, -0.2) is 32.6 Å². The van der Waals surface area contributed by atoms with E-state index >= 15 is 0 Å². The number of benzene rings is 1. The van der Waals surface area contributed by atoms with E-state index in [0.717, 1.165) is 79.1 Å². The molecule has 1 heterocycles. The van der Waals surface area contributed by atoms with Gasteiger partial charge in [-0.3, -0.25) is 19.6 Å². The molecule has 8 heteroatoms. The maximum absolute atomic E-state index is 13.1. The lowest BCUT2D eigenvalue weighted by molar-refractivity contribution is -0.129. The number of primary amides is 1. The van der Waals surface area contributed by atoms with Crippen molar-refractivity contribution in [3.63, 3.8) is 0 Å². The highest BCUT2D eigenvalue weighted by molar-refractivity contribution is 6.00. The first-order valence-corrected chi connectivity index (χ1v) is 16.0. The second-order valence-electron chi connectivity index (χ2n) is 13.1. The molecule has 0 spiro atoms. The van der Waals surface area contributed by atoms with Crippen molar-refractivity contribution in [2.75, 3.05) is 0 Å². The van der Waals surface area contributed by atoms with Gasteiger partial charge in [0.1, 0.15) is 0 Å². The lowest BCUT2D eigenvalue weighted by Gasteiger charge is -2.29. The number of fused-ring (bicyclic) bond motifs is 1. The van der Waals surface area contributed by atoms with Crippen LogP contribution >= 0.6 is 0 Å². The highest BCUT2D eigenvalue weighted by atomic mass is 16.5. The summed E-state index contributed by atoms with van der Waals surface area (Å²) in [6.07, 6.45) is 17.3. The van der Waals surface area contributed by atoms with Crippen LogP contribution in [0.4, 0.5) is 0 Å². The maximum atomic E-state index is 13.1. The van der Waals surface area contributed by atoms with Gasteiger partial charge in [0.25, 0.3) is 0 Å². The van der Waals surface area contributed by atoms with Gasteiger partial charge < -0.3 is 5.73 Å². The lowest BCUT2D eigenvalue weighted by Crippen LogP contribution is -2.28. The molecule has 0 atom stereocenters. The molecule has 1 aromatic carbocycles. The first kappa shape index (κ1) is 33.5. The zero-order valence-corrected chi connectivity index (χ0v) is 26.3. The van der Waals surface area contributed by atoms with Gasteiger partial charge in [-0.1, -0.05) is 85.0 Å². The topological polar surface area (TPSA) is 127 Å². The number of ketones is 1. The van der Waals surface area contributed by atoms with E-state index in [0.29, 0.717) is 18.4 Å². The fraction of sp³-hybridized carbons (Fsp3) is 0.647. The van der Waals surface area contributed by atoms with E-state index in [1.165, 1.54) is 44.9 Å². The number of aryl methyl sites for hydroxylation is 2. The number of amides is 2. The number of carbonyl (C=O) groups excluding carboxylic acids is 3. The Labute approximate surface area is 251 Å². The highest BCUT2D eigenvalue weighted by Crippen LogP contribution is 2.37. The summed E-state index contributed by atoms with van der Waals surface area (Å²) in [6, 6.07) is 5.44. The van der Waals surface area contributed by atoms with Gasteiger partial charge in [-0.15, -0.1) is 0 Å². The zero-order valence-electron chi connectivity index (χ0n) is 26.3. The molecule has 2 aliphatic carbocycles. The Kier molecular flexibility index (Phi) is 12.8. The van der Waals surface area contributed by atoms with Crippen LogP contribution in [0.3, 0.4) is 0 Å². The van der Waals surface area contributed by atoms with Crippen LogP contribution in [0.2, 0.25) is 0 Å². The summed E-state index contributed by atoms with van der Waals surface area (Å²) in [7, 11) is 0. The second kappa shape index (κ2) is 16.0. The molecular formula is C34H52N4O4. The van der Waals surface area contributed by atoms with E-state index in [-0.39, 0.29) is 17.1 Å². The van der Waals surface area contributed by atoms with E-state index in [4.69, 9.17) is 16.0 Å². The molecule has 2 aliphatic rings. The summed E-state index contributed by atoms with van der Waals surface area (Å²) in [6.45, 7) is 8.35. The molecule has 0 aliphatic heterocycles. The van der Waals surface area contributed by atoms with Crippen molar-refractivity contribution in [3.8, 4) is 5.69 Å². The molecule has 232 valence electrons. The van der Waals surface area contributed by atoms with Gasteiger partial charge in [-0.2, -0.15) is 5.10 Å². The van der Waals surface area contributed by atoms with Crippen LogP contribution in [0.15, 0.2) is 18.2 Å². The van der Waals surface area contributed by atoms with Crippen molar-refractivity contribution in [3.05, 3.63) is 46.3 Å². The summed E-state index contributed by atoms with van der Waals surface area (Å²) < 4.78 is 1.87. The molecule has 0 bridgehead atoms. The summed E-state index contributed by atoms with van der Waals surface area (Å²) in [4.78, 5) is 35.8. The molecule has 42 heavy (non-hydrogen) atoms. The largest absolute Gasteiger partial charge is 0.366 e. The van der Waals surface area contributed by atoms with Crippen LogP contribution in [0, 0.1) is 18.3 Å². The first-order chi connectivity index (χ1) is 20.1. The predicted molar refractivity (Wildman–Crippen MR) is 166 cm³/mol. The minimum absolute atomic E-state index is 0.137. The standard InChI is InChI=1S/C25H34N4O4.C9H18/c1-16-13-17(11-12-18(16)24(26)32)29-20-14-25(2,3)15-21(30)23(20)19(27-29)9-7-5-4-6-8-10-22(31)28-33;1-2-6-9-7-4-3-5-8-9/h11-13,33H,4-10,14-15H2,1-3H3,(H2,26,32)(H,28,31);9H,2-8H2,1H3. The first-order valence-electron chi connectivity index (χ1n) is 16.0. The number of rotatable bonds is 12. The molecule has 4 rings (SSSR count). The summed E-state index contributed by atoms with van der Waals surface area (Å²) in [5.74, 6) is 0.426. The van der Waals surface area contributed by atoms with Crippen molar-refractivity contribution in [1.29, 1.82) is 0 Å². The van der Waals surface area contributed by atoms with Crippen LogP contribution < -0.4 is 11.2 Å². The van der Waals surface area contributed by atoms with E-state index in [1.807, 2.05) is 23.7 Å². The molecule has 0 saturated heterocycles. The van der Waals surface area contributed by atoms with Gasteiger partial charge in [-0.25, -0.2) is 10.2 Å². The average molecular weight is 581 g/mol. The Hall–Kier alpha value is -3.00. The van der Waals surface area contributed by atoms with Gasteiger partial charge in [0.05, 0.1) is 22.6 Å². The van der Waals surface area contributed by atoms with Gasteiger partial charge >= 0.3 is 0 Å². The number of hydrogen-bond acceptors (Lipinski definition) is 5. The number of hydroxylamine groups is 1. The van der Waals surface area contributed by atoms with Crippen LogP contribution in [0.25, 0.3) is 5.69 Å². The van der Waals surface area contributed by atoms with Gasteiger partial charge in [0, 0.05) is 18.4 Å². The molecular weight excluding hydrogens is 528 g/mol. The zero-order chi connectivity index (χ0) is 30.7. The Morgan fingerprint density at radius 2 is 1.76 bits per heavy atom. The third-order valence-electron chi connectivity index (χ3n) is 8.70. The van der Waals surface area contributed by atoms with Gasteiger partial charge in [0.2, 0.25) is 11.8 Å². The molecule has 0 unspecified atom stereocenters. The van der Waals surface area contributed by atoms with Crippen molar-refractivity contribution in [2.24, 2.45) is 17.1 Å². The van der Waals surface area contributed by atoms with Gasteiger partial charge in [0.15, 0.2) is 5.78 Å². The normalized spacial score (nSPS) is 16.4. The Morgan fingerprint density at radius 3 is 2.40 bits per heavy atom. The minimum Gasteiger partial charge on any atom is -0.366 e. The smallest absolute Gasteiger partial charge is 0.248 e. The minimum atomic E-state index is -0.462. The third kappa shape index (κ3) is 9.51. The van der Waals surface area contributed by atoms with Crippen LogP contribution in [0.5, 0.6) is 0 Å². The number of unbranched alkanes of at least 4 members (excludes halogenated alkanes) is 4. The van der Waals surface area contributed by atoms with Crippen LogP contribution in [0.1, 0.15) is 148 Å². The van der Waals surface area contributed by atoms with Crippen molar-refractivity contribution >= 4 is 17.6 Å². The number of carbonyl (C=O) groups is 3. The summed E-state index contributed by atoms with van der Waals surface area (Å²) >= 11 is 0. The number of aromatic nitrogens is 2. The fourth-order valence-electron chi connectivity index (χ4n) is 6.52. The predicted octanol–water partition coefficient (Wildman–Crippen LogP) is 7.19. The monoisotopic (exact) mass is 580 g/mol. The average Bonchev–Trinajstić information content (AvgIpc) is 3.30. The number of Topliss-reactive ketones (excluding diaryl/α,β-unsaturated/α-hetero) is 1. The summed E-state index contributed by atoms with van der Waals surface area (Å²) in [5.41, 5.74) is 11.6. The number of nitrogens with one attached hydrogen (secondary N) is 1. The Morgan fingerprint density at radius 1 is 1.07 bits per heavy atom.